The van der Waals surface area contributed by atoms with Crippen molar-refractivity contribution in [3.8, 4) is 0 Å². The van der Waals surface area contributed by atoms with Crippen LogP contribution in [0.4, 0.5) is 10.2 Å². The molecule has 1 aromatic rings. The van der Waals surface area contributed by atoms with Gasteiger partial charge >= 0.3 is 29.6 Å². The van der Waals surface area contributed by atoms with E-state index in [1.165, 1.54) is 0 Å². The summed E-state index contributed by atoms with van der Waals surface area (Å²) in [4.78, 5) is 41.3. The van der Waals surface area contributed by atoms with E-state index >= 15 is 0 Å². The summed E-state index contributed by atoms with van der Waals surface area (Å²) < 4.78 is 66.1. The van der Waals surface area contributed by atoms with Gasteiger partial charge in [0.2, 0.25) is 0 Å². The molecule has 0 saturated carbocycles. The predicted molar refractivity (Wildman–Crippen MR) is 93.3 cm³/mol. The molecule has 6 atom stereocenters. The van der Waals surface area contributed by atoms with Gasteiger partial charge in [0.15, 0.2) is 12.4 Å². The van der Waals surface area contributed by atoms with Gasteiger partial charge in [-0.15, -0.1) is 4.52 Å². The number of hydrogen-bond donors (Lipinski definition) is 6. The zero-order valence-corrected chi connectivity index (χ0v) is 17.3. The summed E-state index contributed by atoms with van der Waals surface area (Å²) in [7, 11) is -14.6. The molecule has 2 heterocycles. The molecule has 0 amide bonds. The first-order valence-electron chi connectivity index (χ1n) is 7.64. The van der Waals surface area contributed by atoms with E-state index in [-0.39, 0.29) is 5.82 Å². The number of aliphatic hydroxyl groups is 1. The molecule has 1 aliphatic heterocycles. The fourth-order valence-corrected chi connectivity index (χ4v) is 5.07. The largest absolute Gasteiger partial charge is 0.708 e. The molecule has 2 unspecified atom stereocenters. The molecule has 0 radical (unpaired) electrons. The van der Waals surface area contributed by atoms with Gasteiger partial charge in [0, 0.05) is 17.3 Å². The highest BCUT2D eigenvalue weighted by molar-refractivity contribution is 7.64. The lowest BCUT2D eigenvalue weighted by atomic mass is 9.97. The van der Waals surface area contributed by atoms with Crippen molar-refractivity contribution < 1.29 is 55.8 Å². The lowest BCUT2D eigenvalue weighted by Gasteiger charge is -2.27. The molecule has 20 heteroatoms. The van der Waals surface area contributed by atoms with Gasteiger partial charge in [-0.25, -0.2) is 18.3 Å². The van der Waals surface area contributed by atoms with Gasteiger partial charge in [-0.1, -0.05) is 0 Å². The molecule has 0 bridgehead atoms. The first kappa shape index (κ1) is 25.1. The number of hydrogen-bond acceptors (Lipinski definition) is 12. The van der Waals surface area contributed by atoms with E-state index in [1.54, 1.807) is 0 Å². The van der Waals surface area contributed by atoms with Crippen LogP contribution in [0.5, 0.6) is 0 Å². The van der Waals surface area contributed by atoms with Crippen molar-refractivity contribution in [2.75, 3.05) is 18.9 Å². The normalized spacial score (nSPS) is 29.5. The van der Waals surface area contributed by atoms with Crippen LogP contribution in [0.2, 0.25) is 0 Å². The molecule has 1 fully saturated rings. The summed E-state index contributed by atoms with van der Waals surface area (Å²) in [5, 5.41) is 10.2. The molecule has 0 spiro atoms. The Morgan fingerprint density at radius 3 is 2.57 bits per heavy atom. The Balaban J connectivity index is 2.13. The molecular weight excluding hydrogens is 480 g/mol. The van der Waals surface area contributed by atoms with Crippen LogP contribution in [-0.4, -0.2) is 60.4 Å². The van der Waals surface area contributed by atoms with E-state index in [0.717, 1.165) is 12.3 Å². The molecular formula is C10H17FN4O12P3+. The van der Waals surface area contributed by atoms with E-state index in [9.17, 15) is 28.0 Å². The highest BCUT2D eigenvalue weighted by atomic mass is 31.3. The number of halogens is 1. The summed E-state index contributed by atoms with van der Waals surface area (Å²) in [5.41, 5.74) is 7.74. The van der Waals surface area contributed by atoms with E-state index in [1.807, 2.05) is 0 Å². The van der Waals surface area contributed by atoms with Crippen LogP contribution < -0.4 is 17.2 Å². The minimum atomic E-state index is -5.51. The SMILES string of the molecule is NC[C@]1(CO[P+](=O)OP(=O)(O)OP(=O)(O)O)O[C@@H](n2ccc(N)nc2=O)[C@H](F)[C@@H]1O. The number of anilines is 1. The Labute approximate surface area is 167 Å². The van der Waals surface area contributed by atoms with Crippen molar-refractivity contribution >= 4 is 29.7 Å². The Bertz CT molecular complexity index is 956. The molecule has 1 aliphatic rings. The Morgan fingerprint density at radius 2 is 2.03 bits per heavy atom. The smallest absolute Gasteiger partial charge is 0.387 e. The summed E-state index contributed by atoms with van der Waals surface area (Å²) >= 11 is 0. The van der Waals surface area contributed by atoms with Gasteiger partial charge in [0.25, 0.3) is 0 Å². The van der Waals surface area contributed by atoms with Gasteiger partial charge < -0.3 is 31.1 Å². The minimum Gasteiger partial charge on any atom is -0.387 e. The number of alkyl halides is 1. The van der Waals surface area contributed by atoms with Crippen LogP contribution in [0.25, 0.3) is 0 Å². The first-order chi connectivity index (χ1) is 13.7. The third kappa shape index (κ3) is 5.95. The van der Waals surface area contributed by atoms with Crippen LogP contribution in [0.1, 0.15) is 6.23 Å². The number of ether oxygens (including phenoxy) is 1. The molecule has 0 aliphatic carbocycles. The lowest BCUT2D eigenvalue weighted by Crippen LogP contribution is -2.51. The van der Waals surface area contributed by atoms with Crippen molar-refractivity contribution in [2.45, 2.75) is 24.1 Å². The molecule has 16 nitrogen and oxygen atoms in total. The third-order valence-corrected chi connectivity index (χ3v) is 7.11. The highest BCUT2D eigenvalue weighted by Crippen LogP contribution is 2.62. The minimum absolute atomic E-state index is 0.154. The topological polar surface area (TPSA) is 256 Å². The number of aliphatic hydroxyl groups excluding tert-OH is 1. The molecule has 0 aromatic carbocycles. The Kier molecular flexibility index (Phi) is 7.62. The standard InChI is InChI=1S/C10H16FN4O12P3/c11-6-7(16)10(3-12,25-8(6)15-2-1-5(13)14-9(15)17)4-24-28(18)26-30(22,23)27-29(19,20)21/h1-2,6-8,16H,3-4,12H2,(H4-,13,14,17,19,20,21,22,23)/p+1/t6-,7+,8-,10-/m1/s1. The van der Waals surface area contributed by atoms with Crippen LogP contribution in [0, 0.1) is 0 Å². The molecule has 1 saturated heterocycles. The Morgan fingerprint density at radius 1 is 1.40 bits per heavy atom. The highest BCUT2D eigenvalue weighted by Gasteiger charge is 2.57. The number of aromatic nitrogens is 2. The Hall–Kier alpha value is -1.19. The zero-order valence-electron chi connectivity index (χ0n) is 14.6. The maximum atomic E-state index is 14.6. The van der Waals surface area contributed by atoms with E-state index in [0.29, 0.717) is 4.57 Å². The third-order valence-electron chi connectivity index (χ3n) is 3.73. The molecule has 170 valence electrons. The van der Waals surface area contributed by atoms with Gasteiger partial charge in [-0.2, -0.15) is 9.29 Å². The van der Waals surface area contributed by atoms with Gasteiger partial charge in [0.1, 0.15) is 24.1 Å². The van der Waals surface area contributed by atoms with Gasteiger partial charge in [-0.05, 0) is 10.4 Å². The van der Waals surface area contributed by atoms with Crippen molar-refractivity contribution in [3.05, 3.63) is 22.7 Å². The summed E-state index contributed by atoms with van der Waals surface area (Å²) in [6.07, 6.45) is -4.94. The van der Waals surface area contributed by atoms with Gasteiger partial charge in [-0.3, -0.25) is 9.46 Å². The summed E-state index contributed by atoms with van der Waals surface area (Å²) in [6, 6.07) is 1.16. The number of nitrogen functional groups attached to an aromatic ring is 1. The second-order valence-electron chi connectivity index (χ2n) is 5.83. The number of phosphoric acid groups is 2. The van der Waals surface area contributed by atoms with Crippen LogP contribution >= 0.6 is 23.9 Å². The zero-order chi connectivity index (χ0) is 22.9. The van der Waals surface area contributed by atoms with Crippen molar-refractivity contribution in [1.82, 2.24) is 9.55 Å². The monoisotopic (exact) mass is 497 g/mol. The average molecular weight is 497 g/mol. The molecule has 2 rings (SSSR count). The molecule has 1 aromatic heterocycles. The van der Waals surface area contributed by atoms with Crippen LogP contribution in [-0.2, 0) is 31.6 Å². The maximum Gasteiger partial charge on any atom is 0.708 e. The van der Waals surface area contributed by atoms with Crippen LogP contribution in [0.15, 0.2) is 17.1 Å². The maximum absolute atomic E-state index is 14.6. The van der Waals surface area contributed by atoms with Crippen molar-refractivity contribution in [1.29, 1.82) is 0 Å². The summed E-state index contributed by atoms with van der Waals surface area (Å²) in [5.74, 6) is -0.154. The van der Waals surface area contributed by atoms with E-state index in [2.05, 4.69) is 18.1 Å². The second-order valence-corrected chi connectivity index (χ2v) is 9.76. The van der Waals surface area contributed by atoms with Crippen molar-refractivity contribution in [2.24, 2.45) is 5.73 Å². The predicted octanol–water partition coefficient (Wildman–Crippen LogP) is -1.35. The van der Waals surface area contributed by atoms with Crippen LogP contribution in [0.3, 0.4) is 0 Å². The quantitative estimate of drug-likeness (QED) is 0.216. The summed E-state index contributed by atoms with van der Waals surface area (Å²) in [6.45, 7) is -1.62. The van der Waals surface area contributed by atoms with Crippen molar-refractivity contribution in [3.63, 3.8) is 0 Å². The molecule has 8 N–H and O–H groups in total. The van der Waals surface area contributed by atoms with E-state index in [4.69, 9.17) is 30.9 Å². The lowest BCUT2D eigenvalue weighted by molar-refractivity contribution is -0.118. The fourth-order valence-electron chi connectivity index (χ4n) is 2.42. The number of rotatable bonds is 9. The number of nitrogens with zero attached hydrogens (tertiary/aromatic N) is 2. The first-order valence-corrected chi connectivity index (χ1v) is 11.8. The fraction of sp³-hybridized carbons (Fsp3) is 0.600. The number of nitrogens with two attached hydrogens (primary N) is 2. The molecule has 30 heavy (non-hydrogen) atoms. The second kappa shape index (κ2) is 9.12. The average Bonchev–Trinajstić information content (AvgIpc) is 2.83. The van der Waals surface area contributed by atoms with E-state index < -0.39 is 66.8 Å². The van der Waals surface area contributed by atoms with Gasteiger partial charge in [0.05, 0.1) is 0 Å².